The first-order chi connectivity index (χ1) is 13.8. The lowest BCUT2D eigenvalue weighted by Gasteiger charge is -2.56. The van der Waals surface area contributed by atoms with Crippen LogP contribution >= 0.6 is 0 Å². The van der Waals surface area contributed by atoms with Gasteiger partial charge in [0.25, 0.3) is 0 Å². The van der Waals surface area contributed by atoms with Gasteiger partial charge < -0.3 is 0 Å². The summed E-state index contributed by atoms with van der Waals surface area (Å²) in [6, 6.07) is 0. The van der Waals surface area contributed by atoms with Gasteiger partial charge in [-0.3, -0.25) is 0 Å². The molecule has 160 valence electrons. The van der Waals surface area contributed by atoms with Gasteiger partial charge in [0.05, 0.1) is 0 Å². The summed E-state index contributed by atoms with van der Waals surface area (Å²) < 4.78 is 0. The molecule has 0 saturated heterocycles. The van der Waals surface area contributed by atoms with Gasteiger partial charge in [-0.15, -0.1) is 0 Å². The fraction of sp³-hybridized carbons (Fsp3) is 0.724. The monoisotopic (exact) mass is 392 g/mol. The number of hydrogen-bond donors (Lipinski definition) is 0. The summed E-state index contributed by atoms with van der Waals surface area (Å²) >= 11 is 0. The predicted molar refractivity (Wildman–Crippen MR) is 127 cm³/mol. The molecule has 2 fully saturated rings. The van der Waals surface area contributed by atoms with E-state index in [1.807, 2.05) is 0 Å². The molecule has 0 heteroatoms. The minimum atomic E-state index is 0.380. The summed E-state index contributed by atoms with van der Waals surface area (Å²) in [6.07, 6.45) is 25.6. The van der Waals surface area contributed by atoms with Gasteiger partial charge in [0.15, 0.2) is 0 Å². The van der Waals surface area contributed by atoms with Gasteiger partial charge in [-0.1, -0.05) is 84.1 Å². The molecule has 0 unspecified atom stereocenters. The highest BCUT2D eigenvalue weighted by Crippen LogP contribution is 2.66. The highest BCUT2D eigenvalue weighted by Gasteiger charge is 2.57. The van der Waals surface area contributed by atoms with Crippen LogP contribution < -0.4 is 0 Å². The maximum Gasteiger partial charge on any atom is -0.000690 e. The van der Waals surface area contributed by atoms with Crippen LogP contribution in [-0.2, 0) is 0 Å². The molecule has 0 aromatic rings. The highest BCUT2D eigenvalue weighted by molar-refractivity contribution is 5.39. The van der Waals surface area contributed by atoms with Gasteiger partial charge in [-0.25, -0.2) is 0 Å². The lowest BCUT2D eigenvalue weighted by Crippen LogP contribution is -2.48. The van der Waals surface area contributed by atoms with Crippen molar-refractivity contribution < 1.29 is 0 Å². The third kappa shape index (κ3) is 3.43. The highest BCUT2D eigenvalue weighted by atomic mass is 14.6. The first kappa shape index (κ1) is 21.2. The van der Waals surface area contributed by atoms with Crippen molar-refractivity contribution in [1.29, 1.82) is 0 Å². The summed E-state index contributed by atoms with van der Waals surface area (Å²) in [7, 11) is 0. The molecule has 0 aromatic heterocycles. The summed E-state index contributed by atoms with van der Waals surface area (Å²) in [5.41, 5.74) is 2.50. The van der Waals surface area contributed by atoms with E-state index in [4.69, 9.17) is 0 Å². The van der Waals surface area contributed by atoms with Crippen molar-refractivity contribution in [2.45, 2.75) is 80.1 Å². The zero-order valence-corrected chi connectivity index (χ0v) is 19.8. The Balaban J connectivity index is 1.54. The number of allylic oxidation sites excluding steroid dienone is 8. The van der Waals surface area contributed by atoms with E-state index in [2.05, 4.69) is 84.1 Å². The SMILES string of the molecule is CC[C@H](/C=C/[C@@H](C)[C@H]1CC[C@H]2[C@@H]3C=CC4=CC=CC[C@]4(C)[C@H]3CC[C@]12C)C(C)C. The molecule has 0 bridgehead atoms. The van der Waals surface area contributed by atoms with Crippen LogP contribution in [0.25, 0.3) is 0 Å². The van der Waals surface area contributed by atoms with E-state index >= 15 is 0 Å². The number of fused-ring (bicyclic) bond motifs is 5. The third-order valence-corrected chi connectivity index (χ3v) is 9.96. The second kappa shape index (κ2) is 7.90. The molecule has 0 radical (unpaired) electrons. The maximum atomic E-state index is 2.66. The van der Waals surface area contributed by atoms with Crippen LogP contribution in [0.15, 0.2) is 48.1 Å². The molecule has 0 aromatic carbocycles. The second-order valence-electron chi connectivity index (χ2n) is 11.6. The van der Waals surface area contributed by atoms with Crippen molar-refractivity contribution in [3.05, 3.63) is 48.1 Å². The molecule has 4 rings (SSSR count). The molecule has 0 heterocycles. The Morgan fingerprint density at radius 2 is 1.86 bits per heavy atom. The van der Waals surface area contributed by atoms with Crippen LogP contribution in [0, 0.1) is 52.3 Å². The molecule has 0 spiro atoms. The van der Waals surface area contributed by atoms with Crippen molar-refractivity contribution in [2.24, 2.45) is 52.3 Å². The number of rotatable bonds is 5. The number of hydrogen-bond acceptors (Lipinski definition) is 0. The van der Waals surface area contributed by atoms with Crippen LogP contribution in [0.5, 0.6) is 0 Å². The fourth-order valence-corrected chi connectivity index (χ4v) is 8.01. The molecule has 0 amide bonds. The lowest BCUT2D eigenvalue weighted by atomic mass is 9.48. The minimum absolute atomic E-state index is 0.380. The van der Waals surface area contributed by atoms with Crippen LogP contribution in [0.1, 0.15) is 80.1 Å². The normalized spacial score (nSPS) is 43.1. The lowest BCUT2D eigenvalue weighted by molar-refractivity contribution is -0.0170. The first-order valence-corrected chi connectivity index (χ1v) is 12.5. The molecule has 0 aliphatic heterocycles. The van der Waals surface area contributed by atoms with Gasteiger partial charge in [-0.2, -0.15) is 0 Å². The van der Waals surface area contributed by atoms with Crippen molar-refractivity contribution in [2.75, 3.05) is 0 Å². The van der Waals surface area contributed by atoms with Crippen molar-refractivity contribution >= 4 is 0 Å². The molecule has 2 saturated carbocycles. The fourth-order valence-electron chi connectivity index (χ4n) is 8.01. The Kier molecular flexibility index (Phi) is 5.77. The van der Waals surface area contributed by atoms with E-state index in [1.54, 1.807) is 5.57 Å². The molecular weight excluding hydrogens is 348 g/mol. The van der Waals surface area contributed by atoms with Crippen LogP contribution in [0.2, 0.25) is 0 Å². The maximum absolute atomic E-state index is 2.66. The molecule has 0 N–H and O–H groups in total. The summed E-state index contributed by atoms with van der Waals surface area (Å²) in [5.74, 6) is 5.59. The predicted octanol–water partition coefficient (Wildman–Crippen LogP) is 8.38. The molecule has 8 atom stereocenters. The Morgan fingerprint density at radius 3 is 2.59 bits per heavy atom. The Labute approximate surface area is 180 Å². The quantitative estimate of drug-likeness (QED) is 0.412. The van der Waals surface area contributed by atoms with E-state index in [9.17, 15) is 0 Å². The minimum Gasteiger partial charge on any atom is -0.0851 e. The average Bonchev–Trinajstić information content (AvgIpc) is 3.05. The molecule has 29 heavy (non-hydrogen) atoms. The zero-order chi connectivity index (χ0) is 20.8. The molecule has 0 nitrogen and oxygen atoms in total. The first-order valence-electron chi connectivity index (χ1n) is 12.5. The zero-order valence-electron chi connectivity index (χ0n) is 19.8. The van der Waals surface area contributed by atoms with Crippen molar-refractivity contribution in [1.82, 2.24) is 0 Å². The summed E-state index contributed by atoms with van der Waals surface area (Å²) in [4.78, 5) is 0. The van der Waals surface area contributed by atoms with Gasteiger partial charge >= 0.3 is 0 Å². The van der Waals surface area contributed by atoms with Gasteiger partial charge in [-0.05, 0) is 96.4 Å². The van der Waals surface area contributed by atoms with E-state index in [0.29, 0.717) is 16.7 Å². The van der Waals surface area contributed by atoms with Crippen LogP contribution in [0.3, 0.4) is 0 Å². The molecular formula is C29H44. The molecule has 4 aliphatic carbocycles. The van der Waals surface area contributed by atoms with Crippen molar-refractivity contribution in [3.8, 4) is 0 Å². The van der Waals surface area contributed by atoms with Crippen LogP contribution in [0.4, 0.5) is 0 Å². The van der Waals surface area contributed by atoms with E-state index in [1.165, 1.54) is 38.5 Å². The Bertz CT molecular complexity index is 718. The van der Waals surface area contributed by atoms with E-state index in [0.717, 1.165) is 35.5 Å². The molecule has 4 aliphatic rings. The van der Waals surface area contributed by atoms with Gasteiger partial charge in [0.2, 0.25) is 0 Å². The standard InChI is InChI=1S/C29H44/c1-7-22(20(2)3)12-11-21(4)25-15-16-26-24-14-13-23-10-8-9-18-28(23,5)27(24)17-19-29(25,26)6/h8-14,20-22,24-27H,7,15-19H2,1-6H3/b12-11+/t21-,22-,24+,25-,26+,27+,28+,29-/m1/s1. The van der Waals surface area contributed by atoms with Crippen molar-refractivity contribution in [3.63, 3.8) is 0 Å². The Hall–Kier alpha value is -1.04. The summed E-state index contributed by atoms with van der Waals surface area (Å²) in [5, 5.41) is 0. The van der Waals surface area contributed by atoms with Gasteiger partial charge in [0, 0.05) is 0 Å². The topological polar surface area (TPSA) is 0 Å². The summed E-state index contributed by atoms with van der Waals surface area (Å²) in [6.45, 7) is 14.8. The third-order valence-electron chi connectivity index (χ3n) is 9.96. The average molecular weight is 393 g/mol. The second-order valence-corrected chi connectivity index (χ2v) is 11.6. The van der Waals surface area contributed by atoms with Crippen LogP contribution in [-0.4, -0.2) is 0 Å². The Morgan fingerprint density at radius 1 is 1.07 bits per heavy atom. The van der Waals surface area contributed by atoms with Gasteiger partial charge in [0.1, 0.15) is 0 Å². The smallest absolute Gasteiger partial charge is 0.000690 e. The van der Waals surface area contributed by atoms with E-state index in [-0.39, 0.29) is 0 Å². The van der Waals surface area contributed by atoms with E-state index < -0.39 is 0 Å². The largest absolute Gasteiger partial charge is 0.0851 e.